The van der Waals surface area contributed by atoms with Gasteiger partial charge in [-0.3, -0.25) is 9.36 Å². The van der Waals surface area contributed by atoms with E-state index in [-0.39, 0.29) is 19.0 Å². The molecule has 1 aromatic heterocycles. The molecule has 0 N–H and O–H groups in total. The van der Waals surface area contributed by atoms with E-state index in [1.165, 1.54) is 11.3 Å². The van der Waals surface area contributed by atoms with Gasteiger partial charge in [0, 0.05) is 0 Å². The molecule has 0 unspecified atom stereocenters. The van der Waals surface area contributed by atoms with E-state index < -0.39 is 12.0 Å². The van der Waals surface area contributed by atoms with Gasteiger partial charge in [-0.2, -0.15) is 0 Å². The van der Waals surface area contributed by atoms with E-state index in [0.717, 1.165) is 21.9 Å². The van der Waals surface area contributed by atoms with Crippen molar-refractivity contribution in [2.45, 2.75) is 26.5 Å². The molecule has 3 heterocycles. The first-order chi connectivity index (χ1) is 22.4. The van der Waals surface area contributed by atoms with Crippen molar-refractivity contribution in [1.29, 1.82) is 0 Å². The van der Waals surface area contributed by atoms with Crippen LogP contribution >= 0.6 is 11.3 Å². The number of hydrogen-bond acceptors (Lipinski definition) is 9. The van der Waals surface area contributed by atoms with Gasteiger partial charge < -0.3 is 23.7 Å². The summed E-state index contributed by atoms with van der Waals surface area (Å²) in [5.74, 6) is 1.76. The molecule has 0 aliphatic carbocycles. The zero-order valence-electron chi connectivity index (χ0n) is 25.4. The molecule has 0 bridgehead atoms. The molecule has 0 fully saturated rings. The van der Waals surface area contributed by atoms with Crippen LogP contribution in [-0.4, -0.2) is 31.0 Å². The summed E-state index contributed by atoms with van der Waals surface area (Å²) in [4.78, 5) is 32.4. The number of fused-ring (bicyclic) bond motifs is 3. The van der Waals surface area contributed by atoms with Gasteiger partial charge in [0.25, 0.3) is 5.56 Å². The molecule has 9 nitrogen and oxygen atoms in total. The number of benzene rings is 4. The predicted octanol–water partition coefficient (Wildman–Crippen LogP) is 5.27. The van der Waals surface area contributed by atoms with E-state index in [9.17, 15) is 9.59 Å². The van der Waals surface area contributed by atoms with E-state index in [1.807, 2.05) is 42.5 Å². The van der Waals surface area contributed by atoms with Crippen LogP contribution in [0, 0.1) is 0 Å². The highest BCUT2D eigenvalue weighted by Gasteiger charge is 2.34. The number of methoxy groups -OCH3 is 1. The lowest BCUT2D eigenvalue weighted by atomic mass is 9.95. The van der Waals surface area contributed by atoms with Crippen molar-refractivity contribution in [3.05, 3.63) is 127 Å². The number of hydrogen-bond donors (Lipinski definition) is 0. The number of ether oxygens (including phenoxy) is 5. The Morgan fingerprint density at radius 1 is 1.02 bits per heavy atom. The molecule has 0 amide bonds. The third-order valence-electron chi connectivity index (χ3n) is 7.98. The van der Waals surface area contributed by atoms with Crippen LogP contribution in [0.15, 0.2) is 99.9 Å². The smallest absolute Gasteiger partial charge is 0.338 e. The van der Waals surface area contributed by atoms with Crippen LogP contribution < -0.4 is 33.8 Å². The molecule has 7 rings (SSSR count). The van der Waals surface area contributed by atoms with Crippen molar-refractivity contribution >= 4 is 34.2 Å². The molecular formula is C36H30N2O7S. The van der Waals surface area contributed by atoms with Gasteiger partial charge >= 0.3 is 5.97 Å². The van der Waals surface area contributed by atoms with Crippen LogP contribution in [-0.2, 0) is 16.1 Å². The zero-order chi connectivity index (χ0) is 31.8. The lowest BCUT2D eigenvalue weighted by Gasteiger charge is -2.24. The van der Waals surface area contributed by atoms with Crippen LogP contribution in [0.2, 0.25) is 0 Å². The quantitative estimate of drug-likeness (QED) is 0.215. The Balaban J connectivity index is 1.25. The summed E-state index contributed by atoms with van der Waals surface area (Å²) in [5.41, 5.74) is 3.01. The van der Waals surface area contributed by atoms with Crippen LogP contribution in [0.1, 0.15) is 36.6 Å². The number of esters is 1. The Hall–Kier alpha value is -5.35. The molecule has 4 aromatic carbocycles. The molecule has 232 valence electrons. The average Bonchev–Trinajstić information content (AvgIpc) is 3.66. The summed E-state index contributed by atoms with van der Waals surface area (Å²) >= 11 is 1.25. The standard InChI is InChI=1S/C36H30N2O7S/c1-4-42-35(40)32-21(2)37-36-38(33(32)24-13-15-28-30(18-24)45-20-44-28)34(39)31(46-36)17-22-12-14-27(29(16-22)41-3)43-19-25-10-7-9-23-8-5-6-11-26(23)25/h5-18,33H,4,19-20H2,1-3H3/b31-17+/t33-/m1/s1. The number of carbonyl (C=O) groups excluding carboxylic acids is 1. The minimum Gasteiger partial charge on any atom is -0.493 e. The van der Waals surface area contributed by atoms with Crippen molar-refractivity contribution in [3.63, 3.8) is 0 Å². The molecule has 0 radical (unpaired) electrons. The van der Waals surface area contributed by atoms with Crippen molar-refractivity contribution < 1.29 is 28.5 Å². The van der Waals surface area contributed by atoms with Crippen LogP contribution in [0.4, 0.5) is 0 Å². The van der Waals surface area contributed by atoms with Gasteiger partial charge in [-0.05, 0) is 71.7 Å². The highest BCUT2D eigenvalue weighted by atomic mass is 32.1. The second-order valence-corrected chi connectivity index (χ2v) is 11.8. The summed E-state index contributed by atoms with van der Waals surface area (Å²) in [7, 11) is 1.59. The van der Waals surface area contributed by atoms with Gasteiger partial charge in [-0.15, -0.1) is 0 Å². The summed E-state index contributed by atoms with van der Waals surface area (Å²) in [6.45, 7) is 4.17. The molecule has 10 heteroatoms. The fourth-order valence-corrected chi connectivity index (χ4v) is 6.86. The van der Waals surface area contributed by atoms with E-state index in [0.29, 0.717) is 55.8 Å². The topological polar surface area (TPSA) is 97.6 Å². The van der Waals surface area contributed by atoms with E-state index in [1.54, 1.807) is 43.7 Å². The minimum absolute atomic E-state index is 0.109. The van der Waals surface area contributed by atoms with Crippen molar-refractivity contribution in [1.82, 2.24) is 4.57 Å². The lowest BCUT2D eigenvalue weighted by molar-refractivity contribution is -0.139. The maximum absolute atomic E-state index is 14.1. The van der Waals surface area contributed by atoms with E-state index in [2.05, 4.69) is 29.3 Å². The van der Waals surface area contributed by atoms with Crippen molar-refractivity contribution in [2.75, 3.05) is 20.5 Å². The number of nitrogens with zero attached hydrogens (tertiary/aromatic N) is 2. The first-order valence-electron chi connectivity index (χ1n) is 14.8. The number of thiazole rings is 1. The molecule has 0 saturated heterocycles. The minimum atomic E-state index is -0.758. The van der Waals surface area contributed by atoms with Crippen LogP contribution in [0.5, 0.6) is 23.0 Å². The lowest BCUT2D eigenvalue weighted by Crippen LogP contribution is -2.39. The molecule has 1 atom stereocenters. The fourth-order valence-electron chi connectivity index (χ4n) is 5.81. The molecule has 0 saturated carbocycles. The van der Waals surface area contributed by atoms with Crippen LogP contribution in [0.25, 0.3) is 16.8 Å². The zero-order valence-corrected chi connectivity index (χ0v) is 26.3. The second-order valence-electron chi connectivity index (χ2n) is 10.8. The van der Waals surface area contributed by atoms with Crippen molar-refractivity contribution in [3.8, 4) is 23.0 Å². The molecule has 5 aromatic rings. The third kappa shape index (κ3) is 5.30. The van der Waals surface area contributed by atoms with Gasteiger partial charge in [0.05, 0.1) is 35.6 Å². The highest BCUT2D eigenvalue weighted by molar-refractivity contribution is 7.07. The van der Waals surface area contributed by atoms with E-state index in [4.69, 9.17) is 23.7 Å². The predicted molar refractivity (Wildman–Crippen MR) is 174 cm³/mol. The summed E-state index contributed by atoms with van der Waals surface area (Å²) < 4.78 is 30.4. The van der Waals surface area contributed by atoms with Gasteiger partial charge in [0.15, 0.2) is 27.8 Å². The van der Waals surface area contributed by atoms with Gasteiger partial charge in [0.2, 0.25) is 6.79 Å². The number of aromatic nitrogens is 1. The Morgan fingerprint density at radius 2 is 1.85 bits per heavy atom. The van der Waals surface area contributed by atoms with E-state index >= 15 is 0 Å². The Morgan fingerprint density at radius 3 is 2.70 bits per heavy atom. The number of carbonyl (C=O) groups is 1. The van der Waals surface area contributed by atoms with Gasteiger partial charge in [-0.1, -0.05) is 65.9 Å². The summed E-state index contributed by atoms with van der Waals surface area (Å²) in [6.07, 6.45) is 1.79. The Kier molecular flexibility index (Phi) is 7.79. The van der Waals surface area contributed by atoms with Gasteiger partial charge in [0.1, 0.15) is 6.61 Å². The number of rotatable bonds is 8. The average molecular weight is 635 g/mol. The molecule has 2 aliphatic heterocycles. The monoisotopic (exact) mass is 634 g/mol. The largest absolute Gasteiger partial charge is 0.493 e. The fraction of sp³-hybridized carbons (Fsp3) is 0.194. The first kappa shape index (κ1) is 29.4. The first-order valence-corrected chi connectivity index (χ1v) is 15.6. The van der Waals surface area contributed by atoms with Crippen LogP contribution in [0.3, 0.4) is 0 Å². The SMILES string of the molecule is CCOC(=O)C1=C(C)N=c2s/c(=C/c3ccc(OCc4cccc5ccccc45)c(OC)c3)c(=O)n2[C@@H]1c1ccc2c(c1)OCO2. The summed E-state index contributed by atoms with van der Waals surface area (Å²) in [5, 5.41) is 2.29. The summed E-state index contributed by atoms with van der Waals surface area (Å²) in [6, 6.07) is 24.5. The highest BCUT2D eigenvalue weighted by Crippen LogP contribution is 2.38. The number of allylic oxidation sites excluding steroid dienone is 1. The second kappa shape index (κ2) is 12.2. The maximum atomic E-state index is 14.1. The Bertz CT molecular complexity index is 2210. The maximum Gasteiger partial charge on any atom is 0.338 e. The van der Waals surface area contributed by atoms with Gasteiger partial charge in [-0.25, -0.2) is 9.79 Å². The molecule has 46 heavy (non-hydrogen) atoms. The molecular weight excluding hydrogens is 604 g/mol. The third-order valence-corrected chi connectivity index (χ3v) is 8.96. The Labute approximate surface area is 268 Å². The molecule has 2 aliphatic rings. The van der Waals surface area contributed by atoms with Crippen molar-refractivity contribution in [2.24, 2.45) is 4.99 Å². The normalized spacial score (nSPS) is 15.5. The molecule has 0 spiro atoms.